The molecule has 0 aromatic rings. The van der Waals surface area contributed by atoms with Gasteiger partial charge in [-0.1, -0.05) is 6.92 Å². The average molecular weight is 307 g/mol. The van der Waals surface area contributed by atoms with Crippen molar-refractivity contribution in [1.29, 1.82) is 0 Å². The van der Waals surface area contributed by atoms with Gasteiger partial charge < -0.3 is 15.4 Å². The number of nitrogens with one attached hydrogen (secondary N) is 1. The van der Waals surface area contributed by atoms with Crippen molar-refractivity contribution >= 4 is 15.9 Å². The SMILES string of the molecule is CCOCCS(=O)(=O)NCC(=O)N1CCC(C)(CN)C1. The molecule has 1 saturated heterocycles. The summed E-state index contributed by atoms with van der Waals surface area (Å²) in [6.45, 7) is 5.98. The van der Waals surface area contributed by atoms with Gasteiger partial charge in [-0.05, 0) is 25.3 Å². The molecule has 8 heteroatoms. The normalized spacial score (nSPS) is 23.2. The number of carbonyl (C=O) groups is 1. The zero-order chi connectivity index (χ0) is 15.2. The number of nitrogens with two attached hydrogens (primary N) is 1. The van der Waals surface area contributed by atoms with Crippen LogP contribution in [-0.4, -0.2) is 64.4 Å². The molecule has 0 saturated carbocycles. The van der Waals surface area contributed by atoms with Gasteiger partial charge in [0.1, 0.15) is 0 Å². The van der Waals surface area contributed by atoms with Gasteiger partial charge in [0.05, 0.1) is 18.9 Å². The second kappa shape index (κ2) is 7.35. The third kappa shape index (κ3) is 5.35. The fourth-order valence-corrected chi connectivity index (χ4v) is 2.90. The van der Waals surface area contributed by atoms with Crippen LogP contribution in [0.25, 0.3) is 0 Å². The molecule has 1 atom stereocenters. The molecule has 0 aliphatic carbocycles. The Morgan fingerprint density at radius 2 is 2.20 bits per heavy atom. The Morgan fingerprint density at radius 1 is 1.50 bits per heavy atom. The molecule has 1 rings (SSSR count). The molecule has 1 amide bonds. The smallest absolute Gasteiger partial charge is 0.237 e. The molecule has 0 aromatic heterocycles. The molecule has 1 fully saturated rings. The minimum Gasteiger partial charge on any atom is -0.381 e. The number of carbonyl (C=O) groups excluding carboxylic acids is 1. The lowest BCUT2D eigenvalue weighted by Gasteiger charge is -2.22. The van der Waals surface area contributed by atoms with Crippen LogP contribution in [0.1, 0.15) is 20.3 Å². The van der Waals surface area contributed by atoms with E-state index in [0.717, 1.165) is 6.42 Å². The quantitative estimate of drug-likeness (QED) is 0.568. The van der Waals surface area contributed by atoms with Crippen LogP contribution < -0.4 is 10.5 Å². The van der Waals surface area contributed by atoms with Crippen molar-refractivity contribution in [3.63, 3.8) is 0 Å². The van der Waals surface area contributed by atoms with Gasteiger partial charge in [0.25, 0.3) is 0 Å². The number of rotatable bonds is 8. The summed E-state index contributed by atoms with van der Waals surface area (Å²) in [7, 11) is -3.46. The summed E-state index contributed by atoms with van der Waals surface area (Å²) in [4.78, 5) is 13.6. The monoisotopic (exact) mass is 307 g/mol. The second-order valence-electron chi connectivity index (χ2n) is 5.42. The van der Waals surface area contributed by atoms with E-state index in [1.807, 2.05) is 6.92 Å². The maximum Gasteiger partial charge on any atom is 0.237 e. The fraction of sp³-hybridized carbons (Fsp3) is 0.917. The van der Waals surface area contributed by atoms with Crippen LogP contribution in [0, 0.1) is 5.41 Å². The Labute approximate surface area is 120 Å². The van der Waals surface area contributed by atoms with Gasteiger partial charge in [0, 0.05) is 19.7 Å². The van der Waals surface area contributed by atoms with E-state index >= 15 is 0 Å². The van der Waals surface area contributed by atoms with Crippen LogP contribution in [0.3, 0.4) is 0 Å². The number of likely N-dealkylation sites (tertiary alicyclic amines) is 1. The third-order valence-corrected chi connectivity index (χ3v) is 4.84. The van der Waals surface area contributed by atoms with Crippen LogP contribution in [0.5, 0.6) is 0 Å². The maximum absolute atomic E-state index is 12.0. The van der Waals surface area contributed by atoms with Gasteiger partial charge in [-0.3, -0.25) is 4.79 Å². The number of sulfonamides is 1. The Kier molecular flexibility index (Phi) is 6.38. The summed E-state index contributed by atoms with van der Waals surface area (Å²) in [6, 6.07) is 0. The first-order valence-corrected chi connectivity index (χ1v) is 8.50. The fourth-order valence-electron chi connectivity index (χ4n) is 2.07. The minimum atomic E-state index is -3.46. The molecule has 1 unspecified atom stereocenters. The van der Waals surface area contributed by atoms with Crippen LogP contribution in [0.4, 0.5) is 0 Å². The molecule has 3 N–H and O–H groups in total. The van der Waals surface area contributed by atoms with E-state index in [0.29, 0.717) is 26.2 Å². The van der Waals surface area contributed by atoms with Crippen molar-refractivity contribution in [3.8, 4) is 0 Å². The largest absolute Gasteiger partial charge is 0.381 e. The van der Waals surface area contributed by atoms with Crippen molar-refractivity contribution in [2.45, 2.75) is 20.3 Å². The van der Waals surface area contributed by atoms with Gasteiger partial charge in [0.2, 0.25) is 15.9 Å². The van der Waals surface area contributed by atoms with E-state index in [-0.39, 0.29) is 30.2 Å². The highest BCUT2D eigenvalue weighted by Crippen LogP contribution is 2.28. The Hall–Kier alpha value is -0.700. The molecular weight excluding hydrogens is 282 g/mol. The summed E-state index contributed by atoms with van der Waals surface area (Å²) >= 11 is 0. The average Bonchev–Trinajstić information content (AvgIpc) is 2.80. The molecule has 0 bridgehead atoms. The number of hydrogen-bond acceptors (Lipinski definition) is 5. The molecule has 1 aliphatic heterocycles. The highest BCUT2D eigenvalue weighted by molar-refractivity contribution is 7.89. The van der Waals surface area contributed by atoms with Crippen molar-refractivity contribution in [2.24, 2.45) is 11.1 Å². The van der Waals surface area contributed by atoms with Crippen molar-refractivity contribution < 1.29 is 17.9 Å². The van der Waals surface area contributed by atoms with Crippen molar-refractivity contribution in [2.75, 3.05) is 45.1 Å². The molecule has 1 aliphatic rings. The van der Waals surface area contributed by atoms with Gasteiger partial charge in [0.15, 0.2) is 0 Å². The molecule has 0 aromatic carbocycles. The van der Waals surface area contributed by atoms with E-state index in [4.69, 9.17) is 10.5 Å². The third-order valence-electron chi connectivity index (χ3n) is 3.55. The summed E-state index contributed by atoms with van der Waals surface area (Å²) < 4.78 is 30.6. The topological polar surface area (TPSA) is 102 Å². The lowest BCUT2D eigenvalue weighted by molar-refractivity contribution is -0.129. The number of hydrogen-bond donors (Lipinski definition) is 2. The highest BCUT2D eigenvalue weighted by atomic mass is 32.2. The molecule has 1 heterocycles. The lowest BCUT2D eigenvalue weighted by atomic mass is 9.90. The molecule has 20 heavy (non-hydrogen) atoms. The van der Waals surface area contributed by atoms with Crippen LogP contribution >= 0.6 is 0 Å². The molecule has 0 spiro atoms. The van der Waals surface area contributed by atoms with Gasteiger partial charge >= 0.3 is 0 Å². The number of ether oxygens (including phenoxy) is 1. The summed E-state index contributed by atoms with van der Waals surface area (Å²) in [5.41, 5.74) is 5.63. The maximum atomic E-state index is 12.0. The van der Waals surface area contributed by atoms with Crippen LogP contribution in [-0.2, 0) is 19.6 Å². The molecule has 7 nitrogen and oxygen atoms in total. The highest BCUT2D eigenvalue weighted by Gasteiger charge is 2.34. The Bertz CT molecular complexity index is 426. The first kappa shape index (κ1) is 17.4. The zero-order valence-corrected chi connectivity index (χ0v) is 13.0. The second-order valence-corrected chi connectivity index (χ2v) is 7.34. The van der Waals surface area contributed by atoms with E-state index in [2.05, 4.69) is 4.72 Å². The Balaban J connectivity index is 2.37. The van der Waals surface area contributed by atoms with E-state index < -0.39 is 10.0 Å². The molecule has 0 radical (unpaired) electrons. The number of nitrogens with zero attached hydrogens (tertiary/aromatic N) is 1. The predicted octanol–water partition coefficient (Wildman–Crippen LogP) is -0.860. The standard InChI is InChI=1S/C12H25N3O4S/c1-3-19-6-7-20(17,18)14-8-11(16)15-5-4-12(2,9-13)10-15/h14H,3-10,13H2,1-2H3. The lowest BCUT2D eigenvalue weighted by Crippen LogP contribution is -2.41. The summed E-state index contributed by atoms with van der Waals surface area (Å²) in [5.74, 6) is -0.337. The first-order valence-electron chi connectivity index (χ1n) is 6.85. The van der Waals surface area contributed by atoms with Crippen molar-refractivity contribution in [3.05, 3.63) is 0 Å². The summed E-state index contributed by atoms with van der Waals surface area (Å²) in [6.07, 6.45) is 0.854. The molecular formula is C12H25N3O4S. The predicted molar refractivity (Wildman–Crippen MR) is 76.6 cm³/mol. The minimum absolute atomic E-state index is 0.0521. The first-order chi connectivity index (χ1) is 9.32. The Morgan fingerprint density at radius 3 is 2.75 bits per heavy atom. The van der Waals surface area contributed by atoms with Crippen LogP contribution in [0.2, 0.25) is 0 Å². The van der Waals surface area contributed by atoms with Gasteiger partial charge in [-0.15, -0.1) is 0 Å². The van der Waals surface area contributed by atoms with E-state index in [9.17, 15) is 13.2 Å². The van der Waals surface area contributed by atoms with E-state index in [1.54, 1.807) is 11.8 Å². The zero-order valence-electron chi connectivity index (χ0n) is 12.2. The summed E-state index contributed by atoms with van der Waals surface area (Å²) in [5, 5.41) is 0. The van der Waals surface area contributed by atoms with Gasteiger partial charge in [-0.2, -0.15) is 0 Å². The van der Waals surface area contributed by atoms with Gasteiger partial charge in [-0.25, -0.2) is 13.1 Å². The van der Waals surface area contributed by atoms with Crippen molar-refractivity contribution in [1.82, 2.24) is 9.62 Å². The van der Waals surface area contributed by atoms with E-state index in [1.165, 1.54) is 0 Å². The number of amides is 1. The molecule has 118 valence electrons. The van der Waals surface area contributed by atoms with Crippen LogP contribution in [0.15, 0.2) is 0 Å².